The van der Waals surface area contributed by atoms with E-state index in [0.717, 1.165) is 49.4 Å². The van der Waals surface area contributed by atoms with Gasteiger partial charge in [0.2, 0.25) is 0 Å². The van der Waals surface area contributed by atoms with Crippen LogP contribution in [-0.4, -0.2) is 14.4 Å². The average Bonchev–Trinajstić information content (AvgIpc) is 3.70. The van der Waals surface area contributed by atoms with E-state index in [2.05, 4.69) is 192 Å². The minimum absolute atomic E-state index is 0.935. The number of nitrogens with zero attached hydrogens (tertiary/aromatic N) is 3. The number of aromatic nitrogens is 3. The number of para-hydroxylation sites is 2. The van der Waals surface area contributed by atoms with Crippen LogP contribution < -0.4 is 0 Å². The van der Waals surface area contributed by atoms with Crippen LogP contribution in [0.1, 0.15) is 0 Å². The molecule has 0 unspecified atom stereocenters. The molecule has 59 heavy (non-hydrogen) atoms. The van der Waals surface area contributed by atoms with Crippen molar-refractivity contribution in [2.75, 3.05) is 0 Å². The Labute approximate surface area is 339 Å². The molecule has 10 aromatic carbocycles. The lowest BCUT2D eigenvalue weighted by atomic mass is 9.84. The summed E-state index contributed by atoms with van der Waals surface area (Å²) in [6.07, 6.45) is 1.89. The van der Waals surface area contributed by atoms with Gasteiger partial charge in [0.15, 0.2) is 0 Å². The second-order valence-corrected chi connectivity index (χ2v) is 15.7. The summed E-state index contributed by atoms with van der Waals surface area (Å²) in [5.41, 5.74) is 12.4. The van der Waals surface area contributed by atoms with Gasteiger partial charge in [-0.25, -0.2) is 4.98 Å². The van der Waals surface area contributed by atoms with Crippen molar-refractivity contribution in [2.45, 2.75) is 0 Å². The summed E-state index contributed by atoms with van der Waals surface area (Å²) >= 11 is 0. The molecule has 0 fully saturated rings. The molecule has 0 atom stereocenters. The molecule has 3 heterocycles. The quantitative estimate of drug-likeness (QED) is 0.133. The first-order chi connectivity index (χ1) is 29.2. The van der Waals surface area contributed by atoms with Gasteiger partial charge >= 0.3 is 0 Å². The van der Waals surface area contributed by atoms with Crippen LogP contribution >= 0.6 is 0 Å². The van der Waals surface area contributed by atoms with Gasteiger partial charge in [0.25, 0.3) is 0 Å². The minimum atomic E-state index is 0.935. The van der Waals surface area contributed by atoms with Crippen LogP contribution in [0.3, 0.4) is 0 Å². The lowest BCUT2D eigenvalue weighted by molar-refractivity contribution is 1.31. The molecule has 0 aliphatic heterocycles. The molecule has 3 heteroatoms. The molecule has 0 saturated heterocycles. The fourth-order valence-corrected chi connectivity index (χ4v) is 9.83. The fourth-order valence-electron chi connectivity index (χ4n) is 9.83. The number of benzene rings is 10. The summed E-state index contributed by atoms with van der Waals surface area (Å²) in [5.74, 6) is 0. The van der Waals surface area contributed by atoms with Crippen LogP contribution in [0.4, 0.5) is 0 Å². The monoisotopic (exact) mass is 747 g/mol. The summed E-state index contributed by atoms with van der Waals surface area (Å²) in [6.45, 7) is 0. The largest absolute Gasteiger partial charge is 0.292 e. The highest BCUT2D eigenvalue weighted by Crippen LogP contribution is 2.46. The number of fused-ring (bicyclic) bond motifs is 14. The molecule has 272 valence electrons. The smallest absolute Gasteiger partial charge is 0.148 e. The zero-order valence-electron chi connectivity index (χ0n) is 31.9. The van der Waals surface area contributed by atoms with Crippen LogP contribution in [0, 0.1) is 0 Å². The molecule has 0 amide bonds. The van der Waals surface area contributed by atoms with Crippen LogP contribution in [0.15, 0.2) is 200 Å². The van der Waals surface area contributed by atoms with E-state index in [-0.39, 0.29) is 0 Å². The van der Waals surface area contributed by atoms with E-state index in [1.807, 2.05) is 12.3 Å². The second kappa shape index (κ2) is 12.3. The third kappa shape index (κ3) is 4.76. The number of imidazole rings is 1. The van der Waals surface area contributed by atoms with E-state index < -0.39 is 0 Å². The minimum Gasteiger partial charge on any atom is -0.292 e. The Bertz CT molecular complexity index is 3910. The van der Waals surface area contributed by atoms with Gasteiger partial charge in [-0.15, -0.1) is 0 Å². The Morgan fingerprint density at radius 3 is 1.63 bits per heavy atom. The molecule has 13 rings (SSSR count). The standard InChI is InChI=1S/C56H33N3/c1-3-12-37-30-41(21-19-34(37)10-1)52-43-15-5-6-16-44(43)53(42-22-20-35-11-2-4-13-38(35)31-42)48-33-39(24-27-46(48)52)40-25-28-50-47(32-40)45-26-23-36-14-9-29-57-55(36)54(45)56-58-49-17-7-8-18-51(49)59(50)56/h1-33H. The molecule has 13 aromatic rings. The summed E-state index contributed by atoms with van der Waals surface area (Å²) in [7, 11) is 0. The summed E-state index contributed by atoms with van der Waals surface area (Å²) in [6, 6.07) is 71.2. The molecule has 0 aliphatic rings. The van der Waals surface area contributed by atoms with Crippen molar-refractivity contribution in [3.8, 4) is 33.4 Å². The number of rotatable bonds is 3. The Hall–Kier alpha value is -7.88. The van der Waals surface area contributed by atoms with Gasteiger partial charge in [-0.05, 0) is 130 Å². The van der Waals surface area contributed by atoms with E-state index in [4.69, 9.17) is 9.97 Å². The first kappa shape index (κ1) is 32.2. The SMILES string of the molecule is c1ccc2cc(-c3c4ccccc4c(-c4ccc5ccccc5c4)c4cc(-c5ccc6c(c5)c5ccc7cccnc7c5c5nc7ccccc7n65)ccc34)ccc2c1. The second-order valence-electron chi connectivity index (χ2n) is 15.7. The van der Waals surface area contributed by atoms with Gasteiger partial charge in [-0.3, -0.25) is 9.38 Å². The maximum Gasteiger partial charge on any atom is 0.148 e. The molecule has 0 spiro atoms. The van der Waals surface area contributed by atoms with Gasteiger partial charge in [0, 0.05) is 17.0 Å². The number of hydrogen-bond acceptors (Lipinski definition) is 2. The predicted molar refractivity (Wildman–Crippen MR) is 249 cm³/mol. The Kier molecular flexibility index (Phi) is 6.72. The molecule has 0 aliphatic carbocycles. The van der Waals surface area contributed by atoms with Crippen LogP contribution in [-0.2, 0) is 0 Å². The molecule has 0 bridgehead atoms. The van der Waals surface area contributed by atoms with Crippen LogP contribution in [0.5, 0.6) is 0 Å². The first-order valence-electron chi connectivity index (χ1n) is 20.2. The summed E-state index contributed by atoms with van der Waals surface area (Å²) in [4.78, 5) is 10.1. The van der Waals surface area contributed by atoms with E-state index in [0.29, 0.717) is 0 Å². The van der Waals surface area contributed by atoms with Crippen LogP contribution in [0.25, 0.3) is 126 Å². The third-order valence-corrected chi connectivity index (χ3v) is 12.5. The first-order valence-corrected chi connectivity index (χ1v) is 20.2. The van der Waals surface area contributed by atoms with Gasteiger partial charge in [0.1, 0.15) is 5.65 Å². The van der Waals surface area contributed by atoms with Crippen LogP contribution in [0.2, 0.25) is 0 Å². The van der Waals surface area contributed by atoms with Gasteiger partial charge < -0.3 is 0 Å². The molecule has 3 nitrogen and oxygen atoms in total. The molecule has 0 radical (unpaired) electrons. The highest BCUT2D eigenvalue weighted by atomic mass is 15.0. The number of hydrogen-bond donors (Lipinski definition) is 0. The summed E-state index contributed by atoms with van der Waals surface area (Å²) < 4.78 is 2.32. The maximum absolute atomic E-state index is 5.21. The normalized spacial score (nSPS) is 12.1. The average molecular weight is 748 g/mol. The molecule has 0 saturated carbocycles. The highest BCUT2D eigenvalue weighted by molar-refractivity contribution is 6.24. The van der Waals surface area contributed by atoms with Gasteiger partial charge in [0.05, 0.1) is 27.5 Å². The Balaban J connectivity index is 1.13. The Morgan fingerprint density at radius 2 is 0.881 bits per heavy atom. The predicted octanol–water partition coefficient (Wildman–Crippen LogP) is 15.0. The van der Waals surface area contributed by atoms with Crippen molar-refractivity contribution in [2.24, 2.45) is 0 Å². The highest BCUT2D eigenvalue weighted by Gasteiger charge is 2.20. The van der Waals surface area contributed by atoms with Crippen molar-refractivity contribution in [3.05, 3.63) is 200 Å². The molecule has 0 N–H and O–H groups in total. The van der Waals surface area contributed by atoms with E-state index >= 15 is 0 Å². The van der Waals surface area contributed by atoms with E-state index in [1.54, 1.807) is 0 Å². The fraction of sp³-hybridized carbons (Fsp3) is 0. The van der Waals surface area contributed by atoms with Crippen molar-refractivity contribution in [1.82, 2.24) is 14.4 Å². The Morgan fingerprint density at radius 1 is 0.339 bits per heavy atom. The summed E-state index contributed by atoms with van der Waals surface area (Å²) in [5, 5.41) is 14.4. The van der Waals surface area contributed by atoms with Gasteiger partial charge in [-0.1, -0.05) is 146 Å². The van der Waals surface area contributed by atoms with Crippen molar-refractivity contribution < 1.29 is 0 Å². The molecule has 3 aromatic heterocycles. The van der Waals surface area contributed by atoms with E-state index in [1.165, 1.54) is 76.3 Å². The van der Waals surface area contributed by atoms with E-state index in [9.17, 15) is 0 Å². The zero-order valence-corrected chi connectivity index (χ0v) is 31.9. The lowest BCUT2D eigenvalue weighted by Gasteiger charge is -2.19. The zero-order chi connectivity index (χ0) is 38.6. The number of pyridine rings is 2. The third-order valence-electron chi connectivity index (χ3n) is 12.5. The molecular formula is C56H33N3. The molecular weight excluding hydrogens is 715 g/mol. The topological polar surface area (TPSA) is 30.2 Å². The maximum atomic E-state index is 5.21. The van der Waals surface area contributed by atoms with Crippen molar-refractivity contribution in [3.63, 3.8) is 0 Å². The van der Waals surface area contributed by atoms with Gasteiger partial charge in [-0.2, -0.15) is 0 Å². The lowest BCUT2D eigenvalue weighted by Crippen LogP contribution is -1.94. The van der Waals surface area contributed by atoms with Crippen molar-refractivity contribution in [1.29, 1.82) is 0 Å². The van der Waals surface area contributed by atoms with Crippen molar-refractivity contribution >= 4 is 92.3 Å².